The zero-order valence-electron chi connectivity index (χ0n) is 22.1. The molecule has 0 radical (unpaired) electrons. The van der Waals surface area contributed by atoms with Crippen LogP contribution in [0.15, 0.2) is 54.0 Å². The number of hydrogen-bond donors (Lipinski definition) is 1. The number of nitrogens with one attached hydrogen (secondary N) is 1. The largest absolute Gasteiger partial charge is 0.467 e. The number of anilines is 1. The highest BCUT2D eigenvalue weighted by Crippen LogP contribution is 2.46. The minimum atomic E-state index is -3.89. The van der Waals surface area contributed by atoms with Crippen molar-refractivity contribution in [3.63, 3.8) is 0 Å². The van der Waals surface area contributed by atoms with Crippen LogP contribution in [0.1, 0.15) is 49.7 Å². The lowest BCUT2D eigenvalue weighted by atomic mass is 9.87. The fourth-order valence-electron chi connectivity index (χ4n) is 5.05. The first-order valence-corrected chi connectivity index (χ1v) is 14.2. The Labute approximate surface area is 226 Å². The van der Waals surface area contributed by atoms with E-state index in [4.69, 9.17) is 9.47 Å². The van der Waals surface area contributed by atoms with Gasteiger partial charge in [0, 0.05) is 19.3 Å². The summed E-state index contributed by atoms with van der Waals surface area (Å²) in [6.45, 7) is 7.71. The summed E-state index contributed by atoms with van der Waals surface area (Å²) in [5.74, 6) is 0.459. The van der Waals surface area contributed by atoms with E-state index in [1.54, 1.807) is 30.5 Å². The molecule has 0 atom stereocenters. The van der Waals surface area contributed by atoms with Crippen molar-refractivity contribution in [1.82, 2.24) is 19.3 Å². The number of nitrogens with zero attached hydrogens (tertiary/aromatic N) is 4. The molecule has 3 aromatic rings. The highest BCUT2D eigenvalue weighted by molar-refractivity contribution is 7.90. The second-order valence-corrected chi connectivity index (χ2v) is 12.0. The van der Waals surface area contributed by atoms with Gasteiger partial charge >= 0.3 is 12.1 Å². The number of allylic oxidation sites excluding steroid dienone is 1. The molecule has 12 heteroatoms. The summed E-state index contributed by atoms with van der Waals surface area (Å²) in [4.78, 5) is 36.2. The normalized spacial score (nSPS) is 17.1. The van der Waals surface area contributed by atoms with Crippen LogP contribution in [0.2, 0.25) is 0 Å². The molecule has 3 heterocycles. The molecule has 2 aliphatic rings. The number of rotatable bonds is 7. The molecule has 1 aliphatic heterocycles. The quantitative estimate of drug-likeness (QED) is 0.344. The lowest BCUT2D eigenvalue weighted by Crippen LogP contribution is -2.60. The number of aryl methyl sites for hydroxylation is 1. The van der Waals surface area contributed by atoms with E-state index in [2.05, 4.69) is 21.9 Å². The van der Waals surface area contributed by atoms with Gasteiger partial charge in [-0.15, -0.1) is 0 Å². The Hall–Kier alpha value is -3.93. The Bertz CT molecular complexity index is 1550. The van der Waals surface area contributed by atoms with Gasteiger partial charge in [0.1, 0.15) is 17.7 Å². The first-order chi connectivity index (χ1) is 18.6. The van der Waals surface area contributed by atoms with Crippen molar-refractivity contribution in [2.24, 2.45) is 0 Å². The number of alkyl carbamates (subject to hydrolysis) is 1. The molecule has 1 saturated carbocycles. The van der Waals surface area contributed by atoms with Crippen LogP contribution in [0.4, 0.5) is 10.6 Å². The Morgan fingerprint density at radius 3 is 2.38 bits per heavy atom. The topological polar surface area (TPSA) is 133 Å². The van der Waals surface area contributed by atoms with Gasteiger partial charge in [0.15, 0.2) is 5.65 Å². The molecular formula is C27H31N5O6S. The number of fused-ring (bicyclic) bond motifs is 1. The molecule has 11 nitrogen and oxygen atoms in total. The molecule has 1 aromatic carbocycles. The van der Waals surface area contributed by atoms with Crippen molar-refractivity contribution in [3.05, 3.63) is 60.3 Å². The number of benzene rings is 1. The summed E-state index contributed by atoms with van der Waals surface area (Å²) in [5, 5.41) is 3.36. The lowest BCUT2D eigenvalue weighted by Gasteiger charge is -2.40. The van der Waals surface area contributed by atoms with Gasteiger partial charge in [-0.05, 0) is 63.1 Å². The maximum Gasteiger partial charge on any atom is 0.413 e. The Morgan fingerprint density at radius 1 is 1.13 bits per heavy atom. The molecule has 1 saturated heterocycles. The number of carbonyl (C=O) groups is 2. The number of ether oxygens (including phenoxy) is 2. The van der Waals surface area contributed by atoms with Crippen LogP contribution in [-0.4, -0.2) is 60.2 Å². The summed E-state index contributed by atoms with van der Waals surface area (Å²) >= 11 is 0. The summed E-state index contributed by atoms with van der Waals surface area (Å²) in [5.41, 5.74) is 0.897. The SMILES string of the molecule is C=C(C)OC(=O)NC1(C(=O)OC)CCN(c2ncnc3c2c(C2CC2)cn3S(=O)(=O)c2ccc(C)cc2)CC1. The second-order valence-electron chi connectivity index (χ2n) is 10.1. The lowest BCUT2D eigenvalue weighted by molar-refractivity contribution is -0.149. The van der Waals surface area contributed by atoms with Gasteiger partial charge in [-0.3, -0.25) is 0 Å². The van der Waals surface area contributed by atoms with Crippen LogP contribution in [-0.2, 0) is 24.3 Å². The number of hydrogen-bond acceptors (Lipinski definition) is 9. The third-order valence-electron chi connectivity index (χ3n) is 7.26. The fraction of sp³-hybridized carbons (Fsp3) is 0.407. The molecule has 39 heavy (non-hydrogen) atoms. The highest BCUT2D eigenvalue weighted by Gasteiger charge is 2.45. The Kier molecular flexibility index (Phi) is 6.83. The predicted octanol–water partition coefficient (Wildman–Crippen LogP) is 3.63. The highest BCUT2D eigenvalue weighted by atomic mass is 32.2. The molecule has 2 aromatic heterocycles. The molecule has 0 spiro atoms. The molecule has 206 valence electrons. The minimum absolute atomic E-state index is 0.182. The first-order valence-electron chi connectivity index (χ1n) is 12.7. The molecule has 0 bridgehead atoms. The third kappa shape index (κ3) is 4.96. The third-order valence-corrected chi connectivity index (χ3v) is 8.92. The van der Waals surface area contributed by atoms with Crippen LogP contribution >= 0.6 is 0 Å². The van der Waals surface area contributed by atoms with Gasteiger partial charge in [0.25, 0.3) is 10.0 Å². The van der Waals surface area contributed by atoms with E-state index in [-0.39, 0.29) is 29.4 Å². The molecular weight excluding hydrogens is 522 g/mol. The zero-order chi connectivity index (χ0) is 27.9. The molecule has 0 unspecified atom stereocenters. The standard InChI is InChI=1S/C27H31N5O6S/c1-17(2)38-26(34)30-27(25(33)37-4)11-13-31(14-12-27)23-22-21(19-7-8-19)15-32(24(22)29-16-28-23)39(35,36)20-9-5-18(3)6-10-20/h5-6,9-10,15-16,19H,1,7-8,11-14H2,2-4H3,(H,30,34). The van der Waals surface area contributed by atoms with Crippen molar-refractivity contribution in [2.45, 2.75) is 55.9 Å². The van der Waals surface area contributed by atoms with Crippen LogP contribution in [0.5, 0.6) is 0 Å². The average Bonchev–Trinajstić information content (AvgIpc) is 3.67. The number of carbonyl (C=O) groups excluding carboxylic acids is 2. The van der Waals surface area contributed by atoms with E-state index in [0.29, 0.717) is 29.9 Å². The van der Waals surface area contributed by atoms with Crippen molar-refractivity contribution >= 4 is 38.9 Å². The zero-order valence-corrected chi connectivity index (χ0v) is 23.0. The van der Waals surface area contributed by atoms with Gasteiger partial charge in [-0.2, -0.15) is 0 Å². The van der Waals surface area contributed by atoms with Gasteiger partial charge in [0.05, 0.1) is 23.2 Å². The number of esters is 1. The summed E-state index contributed by atoms with van der Waals surface area (Å²) in [6.07, 6.45) is 4.64. The van der Waals surface area contributed by atoms with Gasteiger partial charge in [-0.25, -0.2) is 31.9 Å². The molecule has 2 fully saturated rings. The smallest absolute Gasteiger partial charge is 0.413 e. The van der Waals surface area contributed by atoms with Crippen molar-refractivity contribution in [2.75, 3.05) is 25.1 Å². The number of aromatic nitrogens is 3. The van der Waals surface area contributed by atoms with Crippen LogP contribution < -0.4 is 10.2 Å². The summed E-state index contributed by atoms with van der Waals surface area (Å²) in [7, 11) is -2.62. The summed E-state index contributed by atoms with van der Waals surface area (Å²) in [6, 6.07) is 6.72. The Balaban J connectivity index is 1.51. The van der Waals surface area contributed by atoms with E-state index in [1.807, 2.05) is 11.8 Å². The fourth-order valence-corrected chi connectivity index (χ4v) is 6.38. The van der Waals surface area contributed by atoms with Crippen molar-refractivity contribution in [1.29, 1.82) is 0 Å². The summed E-state index contributed by atoms with van der Waals surface area (Å²) < 4.78 is 38.6. The molecule has 1 amide bonds. The van der Waals surface area contributed by atoms with Gasteiger partial charge in [-0.1, -0.05) is 24.3 Å². The van der Waals surface area contributed by atoms with Crippen molar-refractivity contribution < 1.29 is 27.5 Å². The Morgan fingerprint density at radius 2 is 1.79 bits per heavy atom. The average molecular weight is 554 g/mol. The second kappa shape index (κ2) is 9.99. The van der Waals surface area contributed by atoms with E-state index in [9.17, 15) is 18.0 Å². The number of piperidine rings is 1. The van der Waals surface area contributed by atoms with Crippen LogP contribution in [0.25, 0.3) is 11.0 Å². The number of amides is 1. The molecule has 1 N–H and O–H groups in total. The maximum absolute atomic E-state index is 13.7. The van der Waals surface area contributed by atoms with Crippen molar-refractivity contribution in [3.8, 4) is 0 Å². The van der Waals surface area contributed by atoms with Crippen LogP contribution in [0.3, 0.4) is 0 Å². The van der Waals surface area contributed by atoms with Crippen LogP contribution in [0, 0.1) is 6.92 Å². The first kappa shape index (κ1) is 26.7. The van der Waals surface area contributed by atoms with E-state index < -0.39 is 27.6 Å². The monoisotopic (exact) mass is 553 g/mol. The maximum atomic E-state index is 13.7. The van der Waals surface area contributed by atoms with E-state index >= 15 is 0 Å². The minimum Gasteiger partial charge on any atom is -0.467 e. The predicted molar refractivity (Wildman–Crippen MR) is 144 cm³/mol. The number of methoxy groups -OCH3 is 1. The van der Waals surface area contributed by atoms with Gasteiger partial charge in [0.2, 0.25) is 0 Å². The van der Waals surface area contributed by atoms with E-state index in [1.165, 1.54) is 24.3 Å². The molecule has 1 aliphatic carbocycles. The van der Waals surface area contributed by atoms with E-state index in [0.717, 1.165) is 24.0 Å². The van der Waals surface area contributed by atoms with Gasteiger partial charge < -0.3 is 19.7 Å². The molecule has 5 rings (SSSR count).